The zero-order valence-electron chi connectivity index (χ0n) is 22.5. The Morgan fingerprint density at radius 3 is 2.35 bits per heavy atom. The van der Waals surface area contributed by atoms with Gasteiger partial charge in [-0.3, -0.25) is 9.59 Å². The van der Waals surface area contributed by atoms with E-state index in [1.807, 2.05) is 13.8 Å². The summed E-state index contributed by atoms with van der Waals surface area (Å²) < 4.78 is 0. The molecule has 4 nitrogen and oxygen atoms in total. The van der Waals surface area contributed by atoms with E-state index in [-0.39, 0.29) is 27.6 Å². The van der Waals surface area contributed by atoms with E-state index in [2.05, 4.69) is 40.7 Å². The van der Waals surface area contributed by atoms with Gasteiger partial charge in [-0.15, -0.1) is 0 Å². The first-order valence-electron chi connectivity index (χ1n) is 13.5. The standard InChI is InChI=1S/C30H46O4/c1-18(2)9-8-10-19(26(33)34)25-22(31)17-30(7)21-11-12-23-27(3,4)24(32)14-15-28(23,5)20(21)13-16-29(25,30)6/h9,19,22-23,25,31H,8,10-17H2,1-7H3,(H,33,34)/t19-,22-,23+,25-,28-,29-,30+/m1/s1. The van der Waals surface area contributed by atoms with Crippen LogP contribution in [0.3, 0.4) is 0 Å². The molecule has 0 aromatic heterocycles. The third-order valence-corrected chi connectivity index (χ3v) is 11.3. The number of carbonyl (C=O) groups excluding carboxylic acids is 1. The van der Waals surface area contributed by atoms with E-state index in [0.29, 0.717) is 31.0 Å². The van der Waals surface area contributed by atoms with Gasteiger partial charge in [0.1, 0.15) is 5.78 Å². The Morgan fingerprint density at radius 1 is 1.06 bits per heavy atom. The molecule has 0 radical (unpaired) electrons. The second-order valence-electron chi connectivity index (χ2n) is 13.5. The maximum absolute atomic E-state index is 12.8. The van der Waals surface area contributed by atoms with Crippen LogP contribution in [-0.2, 0) is 9.59 Å². The molecule has 0 unspecified atom stereocenters. The van der Waals surface area contributed by atoms with Gasteiger partial charge in [0.15, 0.2) is 0 Å². The lowest BCUT2D eigenvalue weighted by atomic mass is 9.43. The molecule has 2 N–H and O–H groups in total. The van der Waals surface area contributed by atoms with Crippen LogP contribution in [0.1, 0.15) is 106 Å². The number of Topliss-reactive ketones (excluding diaryl/α,β-unsaturated/α-hetero) is 1. The summed E-state index contributed by atoms with van der Waals surface area (Å²) in [6.45, 7) is 15.4. The highest BCUT2D eigenvalue weighted by Gasteiger charge is 2.66. The Bertz CT molecular complexity index is 937. The van der Waals surface area contributed by atoms with Gasteiger partial charge in [-0.2, -0.15) is 0 Å². The zero-order chi connectivity index (χ0) is 25.3. The molecule has 190 valence electrons. The summed E-state index contributed by atoms with van der Waals surface area (Å²) in [6.07, 6.45) is 8.98. The summed E-state index contributed by atoms with van der Waals surface area (Å²) in [4.78, 5) is 25.3. The number of fused-ring (bicyclic) bond motifs is 4. The molecule has 34 heavy (non-hydrogen) atoms. The fraction of sp³-hybridized carbons (Fsp3) is 0.800. The van der Waals surface area contributed by atoms with Crippen molar-refractivity contribution < 1.29 is 19.8 Å². The monoisotopic (exact) mass is 470 g/mol. The molecule has 0 heterocycles. The van der Waals surface area contributed by atoms with Crippen molar-refractivity contribution in [3.63, 3.8) is 0 Å². The van der Waals surface area contributed by atoms with Gasteiger partial charge in [0.2, 0.25) is 0 Å². The van der Waals surface area contributed by atoms with Crippen molar-refractivity contribution in [3.8, 4) is 0 Å². The summed E-state index contributed by atoms with van der Waals surface area (Å²) in [5.41, 5.74) is 3.59. The van der Waals surface area contributed by atoms with Crippen molar-refractivity contribution in [2.24, 2.45) is 39.4 Å². The molecular weight excluding hydrogens is 424 g/mol. The lowest BCUT2D eigenvalue weighted by Gasteiger charge is -2.60. The highest BCUT2D eigenvalue weighted by atomic mass is 16.4. The van der Waals surface area contributed by atoms with E-state index in [0.717, 1.165) is 38.5 Å². The van der Waals surface area contributed by atoms with Crippen molar-refractivity contribution >= 4 is 11.8 Å². The molecule has 7 atom stereocenters. The molecule has 4 aliphatic carbocycles. The van der Waals surface area contributed by atoms with Crippen molar-refractivity contribution in [2.75, 3.05) is 0 Å². The molecule has 4 aliphatic rings. The van der Waals surface area contributed by atoms with E-state index in [1.165, 1.54) is 11.1 Å². The van der Waals surface area contributed by atoms with Gasteiger partial charge in [0, 0.05) is 17.8 Å². The lowest BCUT2D eigenvalue weighted by molar-refractivity contribution is -0.149. The summed E-state index contributed by atoms with van der Waals surface area (Å²) in [6, 6.07) is 0. The number of aliphatic hydroxyl groups excluding tert-OH is 1. The van der Waals surface area contributed by atoms with Crippen molar-refractivity contribution in [3.05, 3.63) is 22.8 Å². The SMILES string of the molecule is CC(C)=CCC[C@@H](C(=O)O)[C@@H]1[C@H](O)C[C@@]2(C)C3=C(CC[C@]12C)[C@@]1(C)CCC(=O)C(C)(C)[C@@H]1CC3. The number of carboxylic acid groups (broad SMARTS) is 1. The van der Waals surface area contributed by atoms with Crippen molar-refractivity contribution in [2.45, 2.75) is 112 Å². The topological polar surface area (TPSA) is 74.6 Å². The number of rotatable bonds is 5. The predicted octanol–water partition coefficient (Wildman–Crippen LogP) is 6.72. The minimum Gasteiger partial charge on any atom is -0.481 e. The van der Waals surface area contributed by atoms with Crippen LogP contribution in [0.25, 0.3) is 0 Å². The highest BCUT2D eigenvalue weighted by molar-refractivity contribution is 5.85. The largest absolute Gasteiger partial charge is 0.481 e. The van der Waals surface area contributed by atoms with Gasteiger partial charge in [0.25, 0.3) is 0 Å². The summed E-state index contributed by atoms with van der Waals surface area (Å²) >= 11 is 0. The van der Waals surface area contributed by atoms with Gasteiger partial charge in [-0.05, 0) is 87.4 Å². The minimum absolute atomic E-state index is 0.0357. The first-order chi connectivity index (χ1) is 15.7. The Labute approximate surface area is 206 Å². The number of allylic oxidation sites excluding steroid dienone is 4. The molecule has 0 aromatic rings. The molecule has 4 rings (SSSR count). The smallest absolute Gasteiger partial charge is 0.306 e. The van der Waals surface area contributed by atoms with Crippen LogP contribution >= 0.6 is 0 Å². The van der Waals surface area contributed by atoms with Crippen LogP contribution in [0.2, 0.25) is 0 Å². The van der Waals surface area contributed by atoms with E-state index in [1.54, 1.807) is 5.57 Å². The third kappa shape index (κ3) is 3.49. The van der Waals surface area contributed by atoms with Crippen molar-refractivity contribution in [1.82, 2.24) is 0 Å². The van der Waals surface area contributed by atoms with Crippen LogP contribution in [-0.4, -0.2) is 28.1 Å². The fourth-order valence-corrected chi connectivity index (χ4v) is 9.32. The molecular formula is C30H46O4. The minimum atomic E-state index is -0.764. The summed E-state index contributed by atoms with van der Waals surface area (Å²) in [5.74, 6) is -0.754. The average molecular weight is 471 g/mol. The third-order valence-electron chi connectivity index (χ3n) is 11.3. The van der Waals surface area contributed by atoms with Crippen LogP contribution in [0.5, 0.6) is 0 Å². The van der Waals surface area contributed by atoms with E-state index >= 15 is 0 Å². The number of aliphatic carboxylic acids is 1. The Kier molecular flexibility index (Phi) is 6.28. The molecule has 0 amide bonds. The number of carboxylic acids is 1. The average Bonchev–Trinajstić information content (AvgIpc) is 2.94. The number of hydrogen-bond acceptors (Lipinski definition) is 3. The number of carbonyl (C=O) groups is 2. The highest BCUT2D eigenvalue weighted by Crippen LogP contribution is 2.72. The Morgan fingerprint density at radius 2 is 1.74 bits per heavy atom. The first kappa shape index (κ1) is 25.7. The number of hydrogen-bond donors (Lipinski definition) is 2. The van der Waals surface area contributed by atoms with Crippen molar-refractivity contribution in [1.29, 1.82) is 0 Å². The van der Waals surface area contributed by atoms with Crippen LogP contribution < -0.4 is 0 Å². The van der Waals surface area contributed by atoms with Gasteiger partial charge >= 0.3 is 5.97 Å². The second-order valence-corrected chi connectivity index (χ2v) is 13.5. The molecule has 0 aliphatic heterocycles. The fourth-order valence-electron chi connectivity index (χ4n) is 9.32. The molecule has 2 fully saturated rings. The number of aliphatic hydroxyl groups is 1. The molecule has 0 saturated heterocycles. The predicted molar refractivity (Wildman–Crippen MR) is 135 cm³/mol. The zero-order valence-corrected chi connectivity index (χ0v) is 22.5. The van der Waals surface area contributed by atoms with E-state index in [9.17, 15) is 19.8 Å². The summed E-state index contributed by atoms with van der Waals surface area (Å²) in [5, 5.41) is 21.7. The maximum atomic E-state index is 12.8. The van der Waals surface area contributed by atoms with Gasteiger partial charge in [-0.1, -0.05) is 57.4 Å². The van der Waals surface area contributed by atoms with Crippen LogP contribution in [0, 0.1) is 39.4 Å². The lowest BCUT2D eigenvalue weighted by Crippen LogP contribution is -2.54. The molecule has 4 heteroatoms. The Balaban J connectivity index is 1.74. The molecule has 2 saturated carbocycles. The van der Waals surface area contributed by atoms with Gasteiger partial charge in [-0.25, -0.2) is 0 Å². The molecule has 0 bridgehead atoms. The van der Waals surface area contributed by atoms with Gasteiger partial charge < -0.3 is 10.2 Å². The van der Waals surface area contributed by atoms with Crippen LogP contribution in [0.4, 0.5) is 0 Å². The maximum Gasteiger partial charge on any atom is 0.306 e. The van der Waals surface area contributed by atoms with E-state index in [4.69, 9.17) is 0 Å². The number of ketones is 1. The second kappa shape index (κ2) is 8.32. The first-order valence-corrected chi connectivity index (χ1v) is 13.5. The summed E-state index contributed by atoms with van der Waals surface area (Å²) in [7, 11) is 0. The van der Waals surface area contributed by atoms with Crippen LogP contribution in [0.15, 0.2) is 22.8 Å². The quantitative estimate of drug-likeness (QED) is 0.437. The molecule has 0 spiro atoms. The Hall–Kier alpha value is -1.42. The normalized spacial score (nSPS) is 41.9. The van der Waals surface area contributed by atoms with E-state index < -0.39 is 18.0 Å². The van der Waals surface area contributed by atoms with Gasteiger partial charge in [0.05, 0.1) is 12.0 Å². The molecule has 0 aromatic carbocycles.